The van der Waals surface area contributed by atoms with Crippen LogP contribution in [-0.2, 0) is 4.79 Å². The fourth-order valence-electron chi connectivity index (χ4n) is 3.02. The van der Waals surface area contributed by atoms with Crippen molar-refractivity contribution in [3.63, 3.8) is 0 Å². The number of benzene rings is 1. The molecule has 0 bridgehead atoms. The van der Waals surface area contributed by atoms with Crippen molar-refractivity contribution in [2.75, 3.05) is 18.5 Å². The molecule has 1 aromatic carbocycles. The maximum absolute atomic E-state index is 12.1. The minimum atomic E-state index is -0.768. The van der Waals surface area contributed by atoms with Crippen molar-refractivity contribution in [3.05, 3.63) is 47.8 Å². The van der Waals surface area contributed by atoms with Gasteiger partial charge in [-0.05, 0) is 18.9 Å². The zero-order valence-corrected chi connectivity index (χ0v) is 15.6. The van der Waals surface area contributed by atoms with E-state index in [4.69, 9.17) is 9.84 Å². The number of rotatable bonds is 10. The summed E-state index contributed by atoms with van der Waals surface area (Å²) in [5, 5.41) is 14.6. The van der Waals surface area contributed by atoms with E-state index in [-0.39, 0.29) is 18.4 Å². The molecule has 0 spiro atoms. The molecule has 0 aliphatic carbocycles. The highest BCUT2D eigenvalue weighted by Crippen LogP contribution is 2.33. The summed E-state index contributed by atoms with van der Waals surface area (Å²) in [6.45, 7) is 1.06. The molecule has 3 rings (SSSR count). The van der Waals surface area contributed by atoms with Crippen LogP contribution in [0.2, 0.25) is 0 Å². The second-order valence-electron chi connectivity index (χ2n) is 6.65. The predicted octanol–water partition coefficient (Wildman–Crippen LogP) is 2.79. The van der Waals surface area contributed by atoms with Crippen molar-refractivity contribution in [1.82, 2.24) is 15.3 Å². The molecule has 8 heteroatoms. The van der Waals surface area contributed by atoms with E-state index in [0.29, 0.717) is 31.1 Å². The van der Waals surface area contributed by atoms with Gasteiger partial charge in [0.05, 0.1) is 11.6 Å². The molecule has 0 radical (unpaired) electrons. The molecule has 148 valence electrons. The molecule has 1 aliphatic rings. The van der Waals surface area contributed by atoms with Crippen LogP contribution in [0.1, 0.15) is 54.1 Å². The smallest absolute Gasteiger partial charge is 0.303 e. The number of carbonyl (C=O) groups is 2. The zero-order chi connectivity index (χ0) is 19.8. The third kappa shape index (κ3) is 5.42. The maximum atomic E-state index is 12.1. The van der Waals surface area contributed by atoms with Crippen LogP contribution in [0.4, 0.5) is 5.95 Å². The number of nitrogens with one attached hydrogen (secondary N) is 2. The molecular formula is C20H24N4O4. The maximum Gasteiger partial charge on any atom is 0.303 e. The van der Waals surface area contributed by atoms with E-state index >= 15 is 0 Å². The monoisotopic (exact) mass is 384 g/mol. The number of aliphatic carboxylic acids is 1. The summed E-state index contributed by atoms with van der Waals surface area (Å²) in [5.74, 6) is 0.321. The molecule has 3 N–H and O–H groups in total. The molecule has 0 saturated carbocycles. The number of unbranched alkanes of at least 4 members (excludes halogenated alkanes) is 3. The van der Waals surface area contributed by atoms with Crippen molar-refractivity contribution in [3.8, 4) is 5.75 Å². The molecule has 0 unspecified atom stereocenters. The van der Waals surface area contributed by atoms with Gasteiger partial charge in [-0.3, -0.25) is 9.59 Å². The van der Waals surface area contributed by atoms with Crippen molar-refractivity contribution in [2.24, 2.45) is 0 Å². The lowest BCUT2D eigenvalue weighted by Gasteiger charge is -2.11. The number of carboxylic acid groups (broad SMARTS) is 1. The van der Waals surface area contributed by atoms with E-state index < -0.39 is 5.97 Å². The lowest BCUT2D eigenvalue weighted by atomic mass is 10.1. The summed E-state index contributed by atoms with van der Waals surface area (Å²) >= 11 is 0. The van der Waals surface area contributed by atoms with Gasteiger partial charge in [-0.2, -0.15) is 0 Å². The average molecular weight is 384 g/mol. The van der Waals surface area contributed by atoms with Gasteiger partial charge < -0.3 is 20.5 Å². The van der Waals surface area contributed by atoms with Crippen molar-refractivity contribution < 1.29 is 19.4 Å². The van der Waals surface area contributed by atoms with Gasteiger partial charge in [-0.25, -0.2) is 9.97 Å². The third-order valence-electron chi connectivity index (χ3n) is 4.52. The summed E-state index contributed by atoms with van der Waals surface area (Å²) in [7, 11) is 0. The number of carboxylic acids is 1. The number of hydrogen-bond donors (Lipinski definition) is 3. The Labute approximate surface area is 163 Å². The minimum Gasteiger partial charge on any atom is -0.491 e. The van der Waals surface area contributed by atoms with Gasteiger partial charge in [-0.1, -0.05) is 31.0 Å². The summed E-state index contributed by atoms with van der Waals surface area (Å²) in [4.78, 5) is 31.0. The van der Waals surface area contributed by atoms with Gasteiger partial charge in [0.1, 0.15) is 12.4 Å². The Kier molecular flexibility index (Phi) is 6.78. The van der Waals surface area contributed by atoms with E-state index in [0.717, 1.165) is 30.6 Å². The number of para-hydroxylation sites is 1. The lowest BCUT2D eigenvalue weighted by molar-refractivity contribution is -0.137. The summed E-state index contributed by atoms with van der Waals surface area (Å²) in [6.07, 6.45) is 6.41. The van der Waals surface area contributed by atoms with Crippen LogP contribution in [0.15, 0.2) is 36.7 Å². The first kappa shape index (κ1) is 19.6. The van der Waals surface area contributed by atoms with Crippen molar-refractivity contribution >= 4 is 17.8 Å². The standard InChI is InChI=1S/C20H24N4O4/c25-18(26)9-3-1-2-6-10-21-19(27)14-11-22-20(23-12-14)24-16-13-28-17-8-5-4-7-15(16)17/h4-5,7-8,11-12,16H,1-3,6,9-10,13H2,(H,21,27)(H,25,26)(H,22,23,24)/t16-/m0/s1. The Morgan fingerprint density at radius 3 is 2.64 bits per heavy atom. The SMILES string of the molecule is O=C(O)CCCCCCNC(=O)c1cnc(N[C@H]2COc3ccccc32)nc1. The predicted molar refractivity (Wildman–Crippen MR) is 103 cm³/mol. The van der Waals surface area contributed by atoms with Gasteiger partial charge in [0.15, 0.2) is 0 Å². The van der Waals surface area contributed by atoms with Gasteiger partial charge in [0, 0.05) is 30.9 Å². The third-order valence-corrected chi connectivity index (χ3v) is 4.52. The number of anilines is 1. The summed E-state index contributed by atoms with van der Waals surface area (Å²) in [6, 6.07) is 7.81. The first-order valence-electron chi connectivity index (χ1n) is 9.44. The Bertz CT molecular complexity index is 810. The van der Waals surface area contributed by atoms with Gasteiger partial charge in [0.2, 0.25) is 5.95 Å². The van der Waals surface area contributed by atoms with E-state index in [9.17, 15) is 9.59 Å². The van der Waals surface area contributed by atoms with Gasteiger partial charge in [0.25, 0.3) is 5.91 Å². The minimum absolute atomic E-state index is 0.0167. The van der Waals surface area contributed by atoms with E-state index in [1.165, 1.54) is 12.4 Å². The molecular weight excluding hydrogens is 360 g/mol. The molecule has 28 heavy (non-hydrogen) atoms. The van der Waals surface area contributed by atoms with Gasteiger partial charge in [-0.15, -0.1) is 0 Å². The number of aromatic nitrogens is 2. The largest absolute Gasteiger partial charge is 0.491 e. The Hall–Kier alpha value is -3.16. The Morgan fingerprint density at radius 2 is 1.86 bits per heavy atom. The molecule has 8 nitrogen and oxygen atoms in total. The fourth-order valence-corrected chi connectivity index (χ4v) is 3.02. The molecule has 2 heterocycles. The summed E-state index contributed by atoms with van der Waals surface area (Å²) in [5.41, 5.74) is 1.47. The van der Waals surface area contributed by atoms with Crippen LogP contribution >= 0.6 is 0 Å². The number of nitrogens with zero attached hydrogens (tertiary/aromatic N) is 2. The van der Waals surface area contributed by atoms with Crippen molar-refractivity contribution in [2.45, 2.75) is 38.1 Å². The van der Waals surface area contributed by atoms with Gasteiger partial charge >= 0.3 is 5.97 Å². The lowest BCUT2D eigenvalue weighted by Crippen LogP contribution is -2.25. The second kappa shape index (κ2) is 9.68. The molecule has 1 atom stereocenters. The normalized spacial score (nSPS) is 14.8. The molecule has 0 saturated heterocycles. The molecule has 2 aromatic rings. The second-order valence-corrected chi connectivity index (χ2v) is 6.65. The first-order valence-corrected chi connectivity index (χ1v) is 9.44. The Morgan fingerprint density at radius 1 is 1.11 bits per heavy atom. The summed E-state index contributed by atoms with van der Waals surface area (Å²) < 4.78 is 5.63. The molecule has 0 fully saturated rings. The highest BCUT2D eigenvalue weighted by molar-refractivity contribution is 5.93. The van der Waals surface area contributed by atoms with Crippen LogP contribution < -0.4 is 15.4 Å². The average Bonchev–Trinajstić information content (AvgIpc) is 3.10. The molecule has 1 aromatic heterocycles. The highest BCUT2D eigenvalue weighted by atomic mass is 16.5. The van der Waals surface area contributed by atoms with Crippen LogP contribution in [0.5, 0.6) is 5.75 Å². The number of ether oxygens (including phenoxy) is 1. The van der Waals surface area contributed by atoms with Crippen LogP contribution in [0.3, 0.4) is 0 Å². The number of fused-ring (bicyclic) bond motifs is 1. The quantitative estimate of drug-likeness (QED) is 0.540. The molecule has 1 aliphatic heterocycles. The fraction of sp³-hybridized carbons (Fsp3) is 0.400. The number of hydrogen-bond acceptors (Lipinski definition) is 6. The Balaban J connectivity index is 1.40. The van der Waals surface area contributed by atoms with E-state index in [1.807, 2.05) is 24.3 Å². The van der Waals surface area contributed by atoms with Crippen LogP contribution in [0, 0.1) is 0 Å². The number of amides is 1. The highest BCUT2D eigenvalue weighted by Gasteiger charge is 2.24. The topological polar surface area (TPSA) is 113 Å². The molecule has 1 amide bonds. The number of carbonyl (C=O) groups excluding carboxylic acids is 1. The zero-order valence-electron chi connectivity index (χ0n) is 15.6. The van der Waals surface area contributed by atoms with E-state index in [1.54, 1.807) is 0 Å². The first-order chi connectivity index (χ1) is 13.6. The van der Waals surface area contributed by atoms with Crippen LogP contribution in [-0.4, -0.2) is 40.1 Å². The van der Waals surface area contributed by atoms with Crippen LogP contribution in [0.25, 0.3) is 0 Å². The van der Waals surface area contributed by atoms with E-state index in [2.05, 4.69) is 20.6 Å². The van der Waals surface area contributed by atoms with Crippen molar-refractivity contribution in [1.29, 1.82) is 0 Å².